The predicted octanol–water partition coefficient (Wildman–Crippen LogP) is 3.15. The quantitative estimate of drug-likeness (QED) is 0.881. The second-order valence-corrected chi connectivity index (χ2v) is 8.40. The van der Waals surface area contributed by atoms with Crippen LogP contribution >= 0.6 is 0 Å². The lowest BCUT2D eigenvalue weighted by Gasteiger charge is -2.32. The summed E-state index contributed by atoms with van der Waals surface area (Å²) in [7, 11) is 0. The molecule has 3 rings (SSSR count). The zero-order valence-corrected chi connectivity index (χ0v) is 16.8. The monoisotopic (exact) mass is 380 g/mol. The number of benzene rings is 1. The number of likely N-dealkylation sites (tertiary alicyclic amines) is 1. The number of aromatic nitrogens is 2. The molecule has 0 aliphatic carbocycles. The Balaban J connectivity index is 1.68. The number of rotatable bonds is 4. The number of nitrogens with zero attached hydrogens (tertiary/aromatic N) is 3. The molecule has 2 heterocycles. The van der Waals surface area contributed by atoms with Crippen LogP contribution in [-0.2, 0) is 21.5 Å². The third-order valence-corrected chi connectivity index (χ3v) is 5.30. The van der Waals surface area contributed by atoms with Crippen LogP contribution in [0.2, 0.25) is 0 Å². The zero-order chi connectivity index (χ0) is 20.5. The molecule has 1 amide bonds. The molecule has 1 aliphatic heterocycles. The number of piperidine rings is 1. The lowest BCUT2D eigenvalue weighted by atomic mass is 9.83. The maximum Gasteiger partial charge on any atom is 0.257 e. The Morgan fingerprint density at radius 3 is 2.46 bits per heavy atom. The van der Waals surface area contributed by atoms with Crippen molar-refractivity contribution >= 4 is 12.2 Å². The van der Waals surface area contributed by atoms with Gasteiger partial charge in [-0.25, -0.2) is 9.97 Å². The van der Waals surface area contributed by atoms with Crippen LogP contribution in [0.1, 0.15) is 67.9 Å². The summed E-state index contributed by atoms with van der Waals surface area (Å²) >= 11 is 0. The van der Waals surface area contributed by atoms with Gasteiger partial charge in [-0.15, -0.1) is 0 Å². The molecule has 1 fully saturated rings. The van der Waals surface area contributed by atoms with E-state index in [-0.39, 0.29) is 35.2 Å². The molecule has 1 radical (unpaired) electrons. The Labute approximate surface area is 165 Å². The van der Waals surface area contributed by atoms with Gasteiger partial charge in [0.2, 0.25) is 5.91 Å². The van der Waals surface area contributed by atoms with E-state index in [1.165, 1.54) is 11.1 Å². The van der Waals surface area contributed by atoms with Crippen LogP contribution in [0.5, 0.6) is 5.75 Å². The fourth-order valence-electron chi connectivity index (χ4n) is 3.52. The van der Waals surface area contributed by atoms with Crippen LogP contribution in [0.25, 0.3) is 0 Å². The minimum absolute atomic E-state index is 0.0436. The molecule has 147 valence electrons. The molecule has 28 heavy (non-hydrogen) atoms. The molecule has 1 saturated heterocycles. The standard InChI is InChI=1S/C22H26N3O3/c1-14-21(28)18(13-26)24-19(23-14)12-25-10-9-16(11-20(25)27)15-5-7-17(8-6-15)22(2,3)4/h5-8,16,28H,9-12H2,1-4H3. The molecule has 1 aromatic heterocycles. The summed E-state index contributed by atoms with van der Waals surface area (Å²) in [5.74, 6) is 0.332. The van der Waals surface area contributed by atoms with Gasteiger partial charge in [-0.3, -0.25) is 9.59 Å². The van der Waals surface area contributed by atoms with Gasteiger partial charge in [0.25, 0.3) is 6.29 Å². The fourth-order valence-corrected chi connectivity index (χ4v) is 3.52. The van der Waals surface area contributed by atoms with Crippen LogP contribution in [0.4, 0.5) is 0 Å². The van der Waals surface area contributed by atoms with Gasteiger partial charge in [-0.2, -0.15) is 0 Å². The molecule has 6 heteroatoms. The lowest BCUT2D eigenvalue weighted by Crippen LogP contribution is -2.38. The van der Waals surface area contributed by atoms with E-state index in [0.29, 0.717) is 24.5 Å². The van der Waals surface area contributed by atoms with Crippen molar-refractivity contribution in [1.82, 2.24) is 14.9 Å². The van der Waals surface area contributed by atoms with Crippen LogP contribution in [0.15, 0.2) is 24.3 Å². The number of aryl methyl sites for hydroxylation is 1. The first-order chi connectivity index (χ1) is 13.2. The van der Waals surface area contributed by atoms with Gasteiger partial charge in [-0.1, -0.05) is 45.0 Å². The maximum absolute atomic E-state index is 12.7. The van der Waals surface area contributed by atoms with Crippen LogP contribution in [-0.4, -0.2) is 38.7 Å². The second-order valence-electron chi connectivity index (χ2n) is 8.40. The molecule has 0 spiro atoms. The molecule has 1 aromatic carbocycles. The number of hydrogen-bond acceptors (Lipinski definition) is 5. The Bertz CT molecular complexity index is 885. The van der Waals surface area contributed by atoms with Crippen molar-refractivity contribution in [2.24, 2.45) is 0 Å². The van der Waals surface area contributed by atoms with E-state index < -0.39 is 0 Å². The van der Waals surface area contributed by atoms with Gasteiger partial charge in [0.1, 0.15) is 5.82 Å². The first-order valence-corrected chi connectivity index (χ1v) is 9.52. The van der Waals surface area contributed by atoms with Crippen molar-refractivity contribution in [3.63, 3.8) is 0 Å². The Hall–Kier alpha value is -2.76. The Morgan fingerprint density at radius 1 is 1.21 bits per heavy atom. The van der Waals surface area contributed by atoms with Gasteiger partial charge in [-0.05, 0) is 35.8 Å². The van der Waals surface area contributed by atoms with Crippen LogP contribution in [0, 0.1) is 6.92 Å². The number of aromatic hydroxyl groups is 1. The topological polar surface area (TPSA) is 83.4 Å². The number of amides is 1. The summed E-state index contributed by atoms with van der Waals surface area (Å²) in [5.41, 5.74) is 2.73. The van der Waals surface area contributed by atoms with E-state index >= 15 is 0 Å². The van der Waals surface area contributed by atoms with E-state index in [9.17, 15) is 14.7 Å². The van der Waals surface area contributed by atoms with Gasteiger partial charge in [0.05, 0.1) is 12.2 Å². The van der Waals surface area contributed by atoms with Gasteiger partial charge in [0, 0.05) is 13.0 Å². The summed E-state index contributed by atoms with van der Waals surface area (Å²) in [5, 5.41) is 9.74. The molecular weight excluding hydrogens is 354 g/mol. The van der Waals surface area contributed by atoms with E-state index in [4.69, 9.17) is 0 Å². The highest BCUT2D eigenvalue weighted by molar-refractivity contribution is 5.78. The third-order valence-electron chi connectivity index (χ3n) is 5.30. The highest BCUT2D eigenvalue weighted by Gasteiger charge is 2.28. The first kappa shape index (κ1) is 20.0. The van der Waals surface area contributed by atoms with Crippen molar-refractivity contribution in [1.29, 1.82) is 0 Å². The molecular formula is C22H26N3O3. The van der Waals surface area contributed by atoms with Gasteiger partial charge >= 0.3 is 0 Å². The summed E-state index contributed by atoms with van der Waals surface area (Å²) in [6, 6.07) is 8.56. The van der Waals surface area contributed by atoms with Gasteiger partial charge in [0.15, 0.2) is 11.4 Å². The SMILES string of the molecule is Cc1nc(CN2CCC(c3ccc(C(C)(C)C)cc3)CC2=O)nc([C]=O)c1O. The lowest BCUT2D eigenvalue weighted by molar-refractivity contribution is -0.134. The molecule has 1 aliphatic rings. The highest BCUT2D eigenvalue weighted by atomic mass is 16.3. The maximum atomic E-state index is 12.7. The van der Waals surface area contributed by atoms with E-state index in [1.807, 2.05) is 0 Å². The molecule has 0 saturated carbocycles. The van der Waals surface area contributed by atoms with E-state index in [1.54, 1.807) is 18.1 Å². The van der Waals surface area contributed by atoms with Crippen molar-refractivity contribution in [2.75, 3.05) is 6.54 Å². The molecule has 1 unspecified atom stereocenters. The normalized spacial score (nSPS) is 17.6. The Morgan fingerprint density at radius 2 is 1.89 bits per heavy atom. The molecule has 6 nitrogen and oxygen atoms in total. The highest BCUT2D eigenvalue weighted by Crippen LogP contribution is 2.31. The van der Waals surface area contributed by atoms with Crippen molar-refractivity contribution < 1.29 is 14.7 Å². The van der Waals surface area contributed by atoms with Crippen molar-refractivity contribution in [3.05, 3.63) is 52.6 Å². The molecule has 1 N–H and O–H groups in total. The average Bonchev–Trinajstić information content (AvgIpc) is 2.65. The number of carbonyl (C=O) groups is 1. The molecule has 0 bridgehead atoms. The fraction of sp³-hybridized carbons (Fsp3) is 0.455. The van der Waals surface area contributed by atoms with Crippen LogP contribution < -0.4 is 0 Å². The van der Waals surface area contributed by atoms with Crippen LogP contribution in [0.3, 0.4) is 0 Å². The van der Waals surface area contributed by atoms with Crippen molar-refractivity contribution in [3.8, 4) is 5.75 Å². The molecule has 1 atom stereocenters. The van der Waals surface area contributed by atoms with E-state index in [2.05, 4.69) is 55.0 Å². The number of hydrogen-bond donors (Lipinski definition) is 1. The average molecular weight is 380 g/mol. The summed E-state index contributed by atoms with van der Waals surface area (Å²) in [4.78, 5) is 33.5. The Kier molecular flexibility index (Phi) is 5.49. The van der Waals surface area contributed by atoms with Gasteiger partial charge < -0.3 is 10.0 Å². The van der Waals surface area contributed by atoms with E-state index in [0.717, 1.165) is 6.42 Å². The molecule has 2 aromatic rings. The smallest absolute Gasteiger partial charge is 0.257 e. The summed E-state index contributed by atoms with van der Waals surface area (Å²) < 4.78 is 0. The zero-order valence-electron chi connectivity index (χ0n) is 16.8. The third kappa shape index (κ3) is 4.21. The minimum Gasteiger partial charge on any atom is -0.504 e. The first-order valence-electron chi connectivity index (χ1n) is 9.52. The number of carbonyl (C=O) groups excluding carboxylic acids is 2. The predicted molar refractivity (Wildman–Crippen MR) is 106 cm³/mol. The van der Waals surface area contributed by atoms with Crippen molar-refractivity contribution in [2.45, 2.75) is 58.4 Å². The summed E-state index contributed by atoms with van der Waals surface area (Å²) in [6.45, 7) is 8.98. The second kappa shape index (κ2) is 7.70. The largest absolute Gasteiger partial charge is 0.504 e. The summed E-state index contributed by atoms with van der Waals surface area (Å²) in [6.07, 6.45) is 2.92. The minimum atomic E-state index is -0.262.